The van der Waals surface area contributed by atoms with Crippen LogP contribution >= 0.6 is 0 Å². The van der Waals surface area contributed by atoms with Crippen molar-refractivity contribution in [1.82, 2.24) is 0 Å². The van der Waals surface area contributed by atoms with E-state index in [1.54, 1.807) is 5.92 Å². The summed E-state index contributed by atoms with van der Waals surface area (Å²) in [7, 11) is 0. The molecule has 121 valence electrons. The van der Waals surface area contributed by atoms with Crippen molar-refractivity contribution in [3.05, 3.63) is 17.6 Å². The second-order valence-electron chi connectivity index (χ2n) is 9.30. The second-order valence-corrected chi connectivity index (χ2v) is 9.30. The predicted molar refractivity (Wildman–Crippen MR) is 90.2 cm³/mol. The van der Waals surface area contributed by atoms with Crippen LogP contribution in [0.1, 0.15) is 72.6 Å². The van der Waals surface area contributed by atoms with E-state index in [9.17, 15) is 4.79 Å². The number of ketones is 1. The molecule has 4 aliphatic rings. The maximum Gasteiger partial charge on any atom is 0.155 e. The van der Waals surface area contributed by atoms with Crippen LogP contribution in [0.2, 0.25) is 0 Å². The second kappa shape index (κ2) is 4.71. The first-order valence-electron chi connectivity index (χ1n) is 9.43. The van der Waals surface area contributed by atoms with E-state index in [0.717, 1.165) is 36.5 Å². The Morgan fingerprint density at radius 2 is 1.77 bits per heavy atom. The minimum absolute atomic E-state index is 0.322. The lowest BCUT2D eigenvalue weighted by atomic mass is 9.45. The first-order chi connectivity index (χ1) is 10.4. The molecule has 0 aromatic heterocycles. The number of rotatable bonds is 0. The third-order valence-electron chi connectivity index (χ3n) is 8.50. The Morgan fingerprint density at radius 1 is 1.05 bits per heavy atom. The number of hydrogen-bond acceptors (Lipinski definition) is 1. The molecule has 4 aliphatic carbocycles. The van der Waals surface area contributed by atoms with Gasteiger partial charge in [-0.1, -0.05) is 33.3 Å². The van der Waals surface area contributed by atoms with Crippen molar-refractivity contribution < 1.29 is 4.79 Å². The highest BCUT2D eigenvalue weighted by Crippen LogP contribution is 2.68. The van der Waals surface area contributed by atoms with E-state index in [1.165, 1.54) is 37.7 Å². The summed E-state index contributed by atoms with van der Waals surface area (Å²) in [5.41, 5.74) is 2.33. The summed E-state index contributed by atoms with van der Waals surface area (Å²) in [6.07, 6.45) is 10.6. The molecule has 22 heavy (non-hydrogen) atoms. The molecule has 0 saturated heterocycles. The summed E-state index contributed by atoms with van der Waals surface area (Å²) >= 11 is 0. The summed E-state index contributed by atoms with van der Waals surface area (Å²) in [5.74, 6) is 5.51. The molecular formula is C21H31O. The fourth-order valence-corrected chi connectivity index (χ4v) is 6.95. The molecule has 0 aromatic rings. The Labute approximate surface area is 135 Å². The quantitative estimate of drug-likeness (QED) is 0.588. The lowest BCUT2D eigenvalue weighted by molar-refractivity contribution is -0.118. The highest BCUT2D eigenvalue weighted by atomic mass is 16.1. The van der Waals surface area contributed by atoms with Crippen molar-refractivity contribution in [2.24, 2.45) is 34.5 Å². The van der Waals surface area contributed by atoms with Gasteiger partial charge in [0.25, 0.3) is 0 Å². The first-order valence-corrected chi connectivity index (χ1v) is 9.43. The van der Waals surface area contributed by atoms with E-state index in [0.29, 0.717) is 16.6 Å². The van der Waals surface area contributed by atoms with E-state index in [2.05, 4.69) is 27.7 Å². The molecule has 4 rings (SSSR count). The number of fused-ring (bicyclic) bond motifs is 5. The molecule has 0 heterocycles. The van der Waals surface area contributed by atoms with Gasteiger partial charge < -0.3 is 0 Å². The lowest BCUT2D eigenvalue weighted by Crippen LogP contribution is -2.52. The zero-order chi connectivity index (χ0) is 15.7. The standard InChI is InChI=1S/C21H31O/c1-13-11-15-12-16(22)7-9-21(15,4)18-8-10-20(3)14(2)5-6-17(20)19(13)18/h12-13,17-19H,5-11H2,1-4H3/t13?,17-,18-,19-,20+,21-/m0/s1. The van der Waals surface area contributed by atoms with Gasteiger partial charge in [0.15, 0.2) is 5.78 Å². The largest absolute Gasteiger partial charge is 0.295 e. The van der Waals surface area contributed by atoms with E-state index < -0.39 is 0 Å². The number of carbonyl (C=O) groups is 1. The molecule has 3 saturated carbocycles. The van der Waals surface area contributed by atoms with Gasteiger partial charge in [-0.3, -0.25) is 4.79 Å². The molecule has 0 aromatic carbocycles. The maximum atomic E-state index is 11.9. The molecule has 0 spiro atoms. The summed E-state index contributed by atoms with van der Waals surface area (Å²) in [6, 6.07) is 0. The van der Waals surface area contributed by atoms with Crippen LogP contribution in [0.15, 0.2) is 11.6 Å². The number of allylic oxidation sites excluding steroid dienone is 1. The van der Waals surface area contributed by atoms with Gasteiger partial charge in [0.05, 0.1) is 0 Å². The van der Waals surface area contributed by atoms with Crippen LogP contribution in [0.25, 0.3) is 0 Å². The van der Waals surface area contributed by atoms with Crippen molar-refractivity contribution in [1.29, 1.82) is 0 Å². The lowest BCUT2D eigenvalue weighted by Gasteiger charge is -2.60. The normalized spacial score (nSPS) is 51.8. The van der Waals surface area contributed by atoms with Crippen LogP contribution in [0, 0.1) is 40.4 Å². The fraction of sp³-hybridized carbons (Fsp3) is 0.810. The van der Waals surface area contributed by atoms with Gasteiger partial charge in [-0.15, -0.1) is 0 Å². The van der Waals surface area contributed by atoms with Crippen molar-refractivity contribution in [2.45, 2.75) is 72.6 Å². The van der Waals surface area contributed by atoms with Crippen LogP contribution in [0.5, 0.6) is 0 Å². The molecule has 0 N–H and O–H groups in total. The summed E-state index contributed by atoms with van der Waals surface area (Å²) in [4.78, 5) is 11.9. The summed E-state index contributed by atoms with van der Waals surface area (Å²) < 4.78 is 0. The van der Waals surface area contributed by atoms with E-state index in [1.807, 2.05) is 6.08 Å². The molecule has 3 fully saturated rings. The Hall–Kier alpha value is -0.590. The fourth-order valence-electron chi connectivity index (χ4n) is 6.95. The minimum atomic E-state index is 0.322. The molecule has 0 amide bonds. The first kappa shape index (κ1) is 15.0. The Kier molecular flexibility index (Phi) is 3.20. The SMILES string of the molecule is C[C]1CC[C@H]2[C@@H]3C(C)CC4=CC(=O)CC[C@]4(C)[C@H]3CC[C@]12C. The third-order valence-corrected chi connectivity index (χ3v) is 8.50. The van der Waals surface area contributed by atoms with Gasteiger partial charge in [0, 0.05) is 6.42 Å². The van der Waals surface area contributed by atoms with Gasteiger partial charge in [-0.25, -0.2) is 0 Å². The smallest absolute Gasteiger partial charge is 0.155 e. The Bertz CT molecular complexity index is 532. The minimum Gasteiger partial charge on any atom is -0.295 e. The molecule has 1 nitrogen and oxygen atoms in total. The molecule has 6 atom stereocenters. The molecule has 1 radical (unpaired) electrons. The van der Waals surface area contributed by atoms with E-state index in [-0.39, 0.29) is 0 Å². The van der Waals surface area contributed by atoms with Crippen molar-refractivity contribution in [3.63, 3.8) is 0 Å². The maximum absolute atomic E-state index is 11.9. The highest BCUT2D eigenvalue weighted by Gasteiger charge is 2.59. The van der Waals surface area contributed by atoms with Gasteiger partial charge in [0.1, 0.15) is 0 Å². The zero-order valence-electron chi connectivity index (χ0n) is 14.7. The van der Waals surface area contributed by atoms with Crippen molar-refractivity contribution in [2.75, 3.05) is 0 Å². The van der Waals surface area contributed by atoms with Crippen molar-refractivity contribution in [3.8, 4) is 0 Å². The molecule has 1 unspecified atom stereocenters. The molecule has 0 aliphatic heterocycles. The Morgan fingerprint density at radius 3 is 2.55 bits per heavy atom. The molecule has 1 heteroatoms. The molecule has 0 bridgehead atoms. The zero-order valence-corrected chi connectivity index (χ0v) is 14.7. The highest BCUT2D eigenvalue weighted by molar-refractivity contribution is 5.91. The van der Waals surface area contributed by atoms with Crippen LogP contribution in [-0.4, -0.2) is 5.78 Å². The van der Waals surface area contributed by atoms with Crippen LogP contribution in [0.3, 0.4) is 0 Å². The average molecular weight is 299 g/mol. The topological polar surface area (TPSA) is 17.1 Å². The average Bonchev–Trinajstić information content (AvgIpc) is 2.77. The number of hydrogen-bond donors (Lipinski definition) is 0. The third kappa shape index (κ3) is 1.80. The van der Waals surface area contributed by atoms with Gasteiger partial charge in [-0.2, -0.15) is 0 Å². The molecular weight excluding hydrogens is 268 g/mol. The summed E-state index contributed by atoms with van der Waals surface area (Å²) in [6.45, 7) is 9.93. The Balaban J connectivity index is 1.74. The van der Waals surface area contributed by atoms with Gasteiger partial charge in [0.2, 0.25) is 0 Å². The summed E-state index contributed by atoms with van der Waals surface area (Å²) in [5, 5.41) is 0. The van der Waals surface area contributed by atoms with Crippen LogP contribution in [-0.2, 0) is 4.79 Å². The van der Waals surface area contributed by atoms with E-state index >= 15 is 0 Å². The number of carbonyl (C=O) groups excluding carboxylic acids is 1. The monoisotopic (exact) mass is 299 g/mol. The van der Waals surface area contributed by atoms with Crippen molar-refractivity contribution >= 4 is 5.78 Å². The van der Waals surface area contributed by atoms with E-state index in [4.69, 9.17) is 0 Å². The van der Waals surface area contributed by atoms with Gasteiger partial charge >= 0.3 is 0 Å². The van der Waals surface area contributed by atoms with Crippen LogP contribution in [0.4, 0.5) is 0 Å². The predicted octanol–water partition coefficient (Wildman–Crippen LogP) is 5.36. The van der Waals surface area contributed by atoms with Crippen LogP contribution < -0.4 is 0 Å². The van der Waals surface area contributed by atoms with Gasteiger partial charge in [-0.05, 0) is 85.0 Å².